The molecule has 79 heavy (non-hydrogen) atoms. The van der Waals surface area contributed by atoms with Crippen LogP contribution in [0.1, 0.15) is 115 Å². The van der Waals surface area contributed by atoms with E-state index in [9.17, 15) is 33.6 Å². The van der Waals surface area contributed by atoms with Crippen molar-refractivity contribution >= 4 is 77.8 Å². The lowest BCUT2D eigenvalue weighted by Gasteiger charge is -2.26. The van der Waals surface area contributed by atoms with E-state index >= 15 is 0 Å². The number of carbonyl (C=O) groups excluding carboxylic acids is 7. The fraction of sp³-hybridized carbons (Fsp3) is 0.446. The predicted molar refractivity (Wildman–Crippen MR) is 300 cm³/mol. The predicted octanol–water partition coefficient (Wildman–Crippen LogP) is 10.3. The highest BCUT2D eigenvalue weighted by atomic mass is 35.5. The summed E-state index contributed by atoms with van der Waals surface area (Å²) in [5, 5.41) is 9.37. The van der Waals surface area contributed by atoms with E-state index in [1.165, 1.54) is 41.5 Å². The van der Waals surface area contributed by atoms with Crippen LogP contribution < -0.4 is 31.2 Å². The highest BCUT2D eigenvalue weighted by Gasteiger charge is 2.35. The number of nitrogens with one attached hydrogen (secondary N) is 3. The van der Waals surface area contributed by atoms with E-state index in [2.05, 4.69) is 16.0 Å². The second-order valence-corrected chi connectivity index (χ2v) is 20.2. The highest BCUT2D eigenvalue weighted by molar-refractivity contribution is 6.31. The maximum absolute atomic E-state index is 12.7. The summed E-state index contributed by atoms with van der Waals surface area (Å²) >= 11 is 11.7. The molecule has 5 N–H and O–H groups in total. The van der Waals surface area contributed by atoms with Gasteiger partial charge in [0, 0.05) is 54.2 Å². The van der Waals surface area contributed by atoms with Crippen molar-refractivity contribution in [2.75, 3.05) is 26.3 Å². The Hall–Kier alpha value is -7.00. The van der Waals surface area contributed by atoms with Gasteiger partial charge in [0.1, 0.15) is 30.3 Å². The van der Waals surface area contributed by atoms with Crippen LogP contribution in [0.25, 0.3) is 0 Å². The van der Waals surface area contributed by atoms with Gasteiger partial charge in [0.2, 0.25) is 12.6 Å². The van der Waals surface area contributed by atoms with E-state index in [1.807, 2.05) is 24.3 Å². The molecule has 4 atom stereocenters. The number of rotatable bonds is 23. The molecule has 4 rings (SSSR count). The third kappa shape index (κ3) is 27.9. The zero-order chi connectivity index (χ0) is 57.5. The first-order valence-corrected chi connectivity index (χ1v) is 25.2. The quantitative estimate of drug-likeness (QED) is 0.0306. The van der Waals surface area contributed by atoms with Crippen LogP contribution in [0, 0.1) is 0 Å². The Bertz CT molecular complexity index is 2560. The summed E-state index contributed by atoms with van der Waals surface area (Å²) in [5.41, 5.74) is 5.08. The van der Waals surface area contributed by atoms with Crippen molar-refractivity contribution in [3.8, 4) is 11.5 Å². The molecule has 436 valence electrons. The van der Waals surface area contributed by atoms with Crippen molar-refractivity contribution in [2.24, 2.45) is 5.73 Å². The van der Waals surface area contributed by atoms with E-state index in [1.54, 1.807) is 107 Å². The molecule has 0 aliphatic heterocycles. The molecule has 0 heterocycles. The normalized spacial score (nSPS) is 12.4. The molecule has 0 bridgehead atoms. The van der Waals surface area contributed by atoms with E-state index in [-0.39, 0.29) is 50.9 Å². The lowest BCUT2D eigenvalue weighted by atomic mass is 10.1. The van der Waals surface area contributed by atoms with Crippen molar-refractivity contribution < 1.29 is 76.2 Å². The largest absolute Gasteiger partial charge is 0.511 e. The molecule has 4 unspecified atom stereocenters. The second kappa shape index (κ2) is 33.4. The Morgan fingerprint density at radius 3 is 1.23 bits per heavy atom. The third-order valence-corrected chi connectivity index (χ3v) is 10.4. The molecule has 4 aromatic rings. The van der Waals surface area contributed by atoms with E-state index in [0.717, 1.165) is 11.1 Å². The van der Waals surface area contributed by atoms with Crippen molar-refractivity contribution in [3.63, 3.8) is 0 Å². The summed E-state index contributed by atoms with van der Waals surface area (Å²) in [7, 11) is 0. The van der Waals surface area contributed by atoms with Gasteiger partial charge in [-0.15, -0.1) is 12.4 Å². The van der Waals surface area contributed by atoms with Crippen molar-refractivity contribution in [2.45, 2.75) is 138 Å². The van der Waals surface area contributed by atoms with Gasteiger partial charge in [0.05, 0.1) is 6.04 Å². The Balaban J connectivity index is 0.000000782. The first kappa shape index (κ1) is 70.0. The van der Waals surface area contributed by atoms with E-state index < -0.39 is 65.8 Å². The lowest BCUT2D eigenvalue weighted by Crippen LogP contribution is -2.42. The van der Waals surface area contributed by atoms with Gasteiger partial charge >= 0.3 is 30.3 Å². The number of halogens is 3. The fourth-order valence-electron chi connectivity index (χ4n) is 6.08. The molecule has 23 heteroatoms. The number of ether oxygens (including phenoxy) is 9. The number of hydrogen-bond acceptors (Lipinski definition) is 17. The summed E-state index contributed by atoms with van der Waals surface area (Å²) in [6.45, 7) is 18.0. The molecular weight excluding hydrogens is 1090 g/mol. The molecule has 0 aromatic heterocycles. The van der Waals surface area contributed by atoms with Gasteiger partial charge in [-0.3, -0.25) is 9.59 Å². The summed E-state index contributed by atoms with van der Waals surface area (Å²) in [6, 6.07) is 26.6. The summed E-state index contributed by atoms with van der Waals surface area (Å²) < 4.78 is 46.6. The van der Waals surface area contributed by atoms with Gasteiger partial charge in [-0.1, -0.05) is 54.9 Å². The number of benzene rings is 4. The molecule has 0 spiro atoms. The van der Waals surface area contributed by atoms with Gasteiger partial charge in [0.25, 0.3) is 11.8 Å². The van der Waals surface area contributed by atoms with Crippen molar-refractivity contribution in [1.29, 1.82) is 0 Å². The fourth-order valence-corrected chi connectivity index (χ4v) is 6.34. The highest BCUT2D eigenvalue weighted by Crippen LogP contribution is 2.23. The minimum absolute atomic E-state index is 0. The molecular formula is C56H75Cl3N4O16. The first-order chi connectivity index (χ1) is 36.0. The van der Waals surface area contributed by atoms with E-state index in [0.29, 0.717) is 58.6 Å². The van der Waals surface area contributed by atoms with Crippen LogP contribution >= 0.6 is 35.6 Å². The average molecular weight is 1170 g/mol. The number of amides is 3. The maximum Gasteiger partial charge on any atom is 0.511 e. The molecule has 4 aromatic carbocycles. The topological polar surface area (TPSA) is 265 Å². The van der Waals surface area contributed by atoms with Gasteiger partial charge in [-0.05, 0) is 159 Å². The monoisotopic (exact) mass is 1160 g/mol. The molecule has 20 nitrogen and oxygen atoms in total. The van der Waals surface area contributed by atoms with Gasteiger partial charge < -0.3 is 64.3 Å². The molecule has 0 aliphatic carbocycles. The lowest BCUT2D eigenvalue weighted by molar-refractivity contribution is -0.184. The third-order valence-electron chi connectivity index (χ3n) is 9.94. The zero-order valence-corrected chi connectivity index (χ0v) is 47.9. The number of alkyl carbamates (subject to hydrolysis) is 1. The Kier molecular flexibility index (Phi) is 29.6. The second-order valence-electron chi connectivity index (χ2n) is 19.4. The SMILES string of the molecule is C.CC(COC(=O)OC(C)OC(=O)C(C)(C)Oc1ccc(CCNC(=O)c2ccc(Cl)cc2)cc1)NC(=O)OC(C)(C)C.CC(N)COC(=O)OC(C)OC(=O)C(C)(C)Oc1ccc(CCNC(=O)c2ccc(Cl)cc2)cc1.Cl. The van der Waals surface area contributed by atoms with Crippen LogP contribution in [0.15, 0.2) is 97.1 Å². The summed E-state index contributed by atoms with van der Waals surface area (Å²) in [5.74, 6) is -0.989. The Morgan fingerprint density at radius 1 is 0.532 bits per heavy atom. The van der Waals surface area contributed by atoms with Crippen LogP contribution in [-0.2, 0) is 55.6 Å². The van der Waals surface area contributed by atoms with Crippen molar-refractivity contribution in [3.05, 3.63) is 129 Å². The number of esters is 2. The average Bonchev–Trinajstić information content (AvgIpc) is 3.33. The molecule has 0 aliphatic rings. The van der Waals surface area contributed by atoms with Crippen LogP contribution in [0.2, 0.25) is 10.0 Å². The number of carbonyl (C=O) groups is 7. The van der Waals surface area contributed by atoms with E-state index in [4.69, 9.17) is 71.6 Å². The van der Waals surface area contributed by atoms with Crippen LogP contribution in [0.3, 0.4) is 0 Å². The Morgan fingerprint density at radius 2 is 0.886 bits per heavy atom. The van der Waals surface area contributed by atoms with Gasteiger partial charge in [-0.25, -0.2) is 24.0 Å². The molecule has 0 saturated carbocycles. The van der Waals surface area contributed by atoms with Crippen LogP contribution in [0.4, 0.5) is 14.4 Å². The minimum atomic E-state index is -1.40. The summed E-state index contributed by atoms with van der Waals surface area (Å²) in [6.07, 6.45) is -3.94. The molecule has 0 radical (unpaired) electrons. The maximum atomic E-state index is 12.7. The Labute approximate surface area is 478 Å². The molecule has 3 amide bonds. The van der Waals surface area contributed by atoms with Gasteiger partial charge in [0.15, 0.2) is 11.2 Å². The van der Waals surface area contributed by atoms with Crippen LogP contribution in [-0.4, -0.2) is 110 Å². The zero-order valence-electron chi connectivity index (χ0n) is 45.6. The minimum Gasteiger partial charge on any atom is -0.476 e. The molecule has 0 fully saturated rings. The van der Waals surface area contributed by atoms with Gasteiger partial charge in [-0.2, -0.15) is 0 Å². The number of hydrogen-bond donors (Lipinski definition) is 4. The standard InChI is InChI=1S/C30H39ClN2O9.C25H31ClN2O7.CH4.ClH/c1-19(33-27(36)42-29(3,4)5)18-38-28(37)40-20(2)39-26(35)30(6,7)41-24-14-8-21(9-15-24)16-17-32-25(34)22-10-12-23(31)13-11-22;1-16(27)15-32-24(31)34-17(2)33-23(30)25(3,4)35-21-11-5-18(6-12-21)13-14-28-22(29)19-7-9-20(26)10-8-19;;/h8-15,19-20H,16-18H2,1-7H3,(H,32,34)(H,33,36);5-12,16-17H,13-15,27H2,1-4H3,(H,28,29);1H4;1H. The van der Waals surface area contributed by atoms with Crippen molar-refractivity contribution in [1.82, 2.24) is 16.0 Å². The molecule has 0 saturated heterocycles. The number of nitrogens with two attached hydrogens (primary N) is 1. The van der Waals surface area contributed by atoms with Crippen LogP contribution in [0.5, 0.6) is 11.5 Å². The smallest absolute Gasteiger partial charge is 0.476 e. The first-order valence-electron chi connectivity index (χ1n) is 24.5. The summed E-state index contributed by atoms with van der Waals surface area (Å²) in [4.78, 5) is 84.9.